The minimum Gasteiger partial charge on any atom is -0.391 e. The summed E-state index contributed by atoms with van der Waals surface area (Å²) < 4.78 is 0.317. The number of β-amino-alcohol motifs (C(OH)–C–C–N with tert-alkyl or cyclic N) is 1. The third-order valence-corrected chi connectivity index (χ3v) is 3.54. The number of aliphatic hydroxyl groups is 1. The second-order valence-corrected chi connectivity index (χ2v) is 5.12. The molecule has 0 saturated carbocycles. The first kappa shape index (κ1) is 13.3. The van der Waals surface area contributed by atoms with Crippen molar-refractivity contribution < 1.29 is 9.90 Å². The van der Waals surface area contributed by atoms with Crippen molar-refractivity contribution in [2.45, 2.75) is 6.10 Å². The molecule has 1 aliphatic heterocycles. The summed E-state index contributed by atoms with van der Waals surface area (Å²) in [5.74, 6) is -0.244. The standard InChI is InChI=1S/C11H14BrN3O3/c12-8-1-6(3-15-11(8)18)10(17)14-4-7-2-13-5-9(7)16/h1,3,7,9,13,16H,2,4-5H2,(H,14,17)(H,15,18). The zero-order valence-corrected chi connectivity index (χ0v) is 11.2. The van der Waals surface area contributed by atoms with Gasteiger partial charge in [0.05, 0.1) is 16.1 Å². The number of carbonyl (C=O) groups excluding carboxylic acids is 1. The van der Waals surface area contributed by atoms with Crippen LogP contribution in [0.25, 0.3) is 0 Å². The smallest absolute Gasteiger partial charge is 0.262 e. The minimum atomic E-state index is -0.424. The van der Waals surface area contributed by atoms with Gasteiger partial charge in [-0.2, -0.15) is 0 Å². The fourth-order valence-electron chi connectivity index (χ4n) is 1.84. The summed E-state index contributed by atoms with van der Waals surface area (Å²) in [5.41, 5.74) is 0.101. The van der Waals surface area contributed by atoms with Crippen LogP contribution in [0.1, 0.15) is 10.4 Å². The molecule has 2 heterocycles. The Morgan fingerprint density at radius 2 is 2.33 bits per heavy atom. The van der Waals surface area contributed by atoms with Gasteiger partial charge in [-0.1, -0.05) is 0 Å². The third-order valence-electron chi connectivity index (χ3n) is 2.95. The number of aliphatic hydroxyl groups excluding tert-OH is 1. The van der Waals surface area contributed by atoms with Crippen LogP contribution < -0.4 is 16.2 Å². The topological polar surface area (TPSA) is 94.2 Å². The van der Waals surface area contributed by atoms with Crippen molar-refractivity contribution in [1.29, 1.82) is 0 Å². The molecule has 1 fully saturated rings. The summed E-state index contributed by atoms with van der Waals surface area (Å²) in [4.78, 5) is 25.4. The highest BCUT2D eigenvalue weighted by molar-refractivity contribution is 9.10. The maximum atomic E-state index is 11.8. The van der Waals surface area contributed by atoms with Crippen molar-refractivity contribution in [2.24, 2.45) is 5.92 Å². The average Bonchev–Trinajstić information content (AvgIpc) is 2.75. The van der Waals surface area contributed by atoms with Crippen LogP contribution in [-0.2, 0) is 0 Å². The first-order chi connectivity index (χ1) is 8.58. The highest BCUT2D eigenvalue weighted by atomic mass is 79.9. The van der Waals surface area contributed by atoms with E-state index in [1.807, 2.05) is 0 Å². The number of aromatic amines is 1. The molecule has 0 bridgehead atoms. The summed E-state index contributed by atoms with van der Waals surface area (Å²) in [5, 5.41) is 15.4. The van der Waals surface area contributed by atoms with E-state index in [1.165, 1.54) is 12.3 Å². The second kappa shape index (κ2) is 5.64. The van der Waals surface area contributed by atoms with Gasteiger partial charge >= 0.3 is 0 Å². The van der Waals surface area contributed by atoms with Gasteiger partial charge in [0, 0.05) is 31.7 Å². The third kappa shape index (κ3) is 2.98. The average molecular weight is 316 g/mol. The van der Waals surface area contributed by atoms with E-state index in [0.29, 0.717) is 29.7 Å². The molecule has 4 N–H and O–H groups in total. The molecule has 7 heteroatoms. The predicted octanol–water partition coefficient (Wildman–Crippen LogP) is -0.552. The quantitative estimate of drug-likeness (QED) is 0.602. The number of rotatable bonds is 3. The molecule has 18 heavy (non-hydrogen) atoms. The van der Waals surface area contributed by atoms with Crippen LogP contribution in [0.5, 0.6) is 0 Å². The lowest BCUT2D eigenvalue weighted by molar-refractivity contribution is 0.0926. The normalized spacial score (nSPS) is 23.0. The fraction of sp³-hybridized carbons (Fsp3) is 0.455. The fourth-order valence-corrected chi connectivity index (χ4v) is 2.20. The van der Waals surface area contributed by atoms with Gasteiger partial charge in [0.15, 0.2) is 0 Å². The van der Waals surface area contributed by atoms with Crippen LogP contribution in [0.15, 0.2) is 21.5 Å². The molecule has 0 aromatic carbocycles. The second-order valence-electron chi connectivity index (χ2n) is 4.26. The van der Waals surface area contributed by atoms with Crippen LogP contribution in [0.3, 0.4) is 0 Å². The van der Waals surface area contributed by atoms with Gasteiger partial charge in [0.2, 0.25) is 0 Å². The van der Waals surface area contributed by atoms with Crippen LogP contribution in [0, 0.1) is 5.92 Å². The van der Waals surface area contributed by atoms with Crippen molar-refractivity contribution in [3.8, 4) is 0 Å². The molecule has 1 aliphatic rings. The Morgan fingerprint density at radius 3 is 2.94 bits per heavy atom. The predicted molar refractivity (Wildman–Crippen MR) is 69.5 cm³/mol. The number of hydrogen-bond acceptors (Lipinski definition) is 4. The number of H-pyrrole nitrogens is 1. The number of pyridine rings is 1. The molecule has 0 radical (unpaired) electrons. The monoisotopic (exact) mass is 315 g/mol. The lowest BCUT2D eigenvalue weighted by Gasteiger charge is -2.14. The Labute approximate surface area is 112 Å². The summed E-state index contributed by atoms with van der Waals surface area (Å²) >= 11 is 3.07. The van der Waals surface area contributed by atoms with Gasteiger partial charge in [-0.25, -0.2) is 0 Å². The maximum Gasteiger partial charge on any atom is 0.262 e. The van der Waals surface area contributed by atoms with E-state index in [4.69, 9.17) is 0 Å². The Morgan fingerprint density at radius 1 is 1.56 bits per heavy atom. The van der Waals surface area contributed by atoms with Gasteiger partial charge in [-0.3, -0.25) is 9.59 Å². The summed E-state index contributed by atoms with van der Waals surface area (Å²) in [6, 6.07) is 1.47. The SMILES string of the molecule is O=C(NCC1CNCC1O)c1c[nH]c(=O)c(Br)c1. The van der Waals surface area contributed by atoms with E-state index < -0.39 is 6.10 Å². The van der Waals surface area contributed by atoms with E-state index in [1.54, 1.807) is 0 Å². The summed E-state index contributed by atoms with van der Waals surface area (Å²) in [6.07, 6.45) is 0.943. The Bertz CT molecular complexity index is 503. The molecule has 1 saturated heterocycles. The van der Waals surface area contributed by atoms with Crippen molar-refractivity contribution >= 4 is 21.8 Å². The molecule has 2 unspecified atom stereocenters. The molecule has 1 aromatic heterocycles. The number of hydrogen-bond donors (Lipinski definition) is 4. The summed E-state index contributed by atoms with van der Waals surface area (Å²) in [6.45, 7) is 1.66. The zero-order valence-electron chi connectivity index (χ0n) is 9.57. The maximum absolute atomic E-state index is 11.8. The molecule has 1 aromatic rings. The van der Waals surface area contributed by atoms with Crippen molar-refractivity contribution in [3.63, 3.8) is 0 Å². The van der Waals surface area contributed by atoms with E-state index in [9.17, 15) is 14.7 Å². The Hall–Kier alpha value is -1.18. The number of carbonyl (C=O) groups is 1. The van der Waals surface area contributed by atoms with Crippen LogP contribution in [0.2, 0.25) is 0 Å². The highest BCUT2D eigenvalue weighted by Crippen LogP contribution is 2.08. The number of amides is 1. The molecule has 98 valence electrons. The first-order valence-electron chi connectivity index (χ1n) is 5.63. The van der Waals surface area contributed by atoms with E-state index in [-0.39, 0.29) is 17.4 Å². The lowest BCUT2D eigenvalue weighted by atomic mass is 10.1. The van der Waals surface area contributed by atoms with Crippen LogP contribution >= 0.6 is 15.9 Å². The number of aromatic nitrogens is 1. The van der Waals surface area contributed by atoms with Crippen LogP contribution in [0.4, 0.5) is 0 Å². The van der Waals surface area contributed by atoms with E-state index >= 15 is 0 Å². The molecule has 2 rings (SSSR count). The Kier molecular flexibility index (Phi) is 4.15. The van der Waals surface area contributed by atoms with Gasteiger partial charge in [-0.15, -0.1) is 0 Å². The molecular weight excluding hydrogens is 302 g/mol. The zero-order chi connectivity index (χ0) is 13.1. The molecule has 2 atom stereocenters. The Balaban J connectivity index is 1.95. The highest BCUT2D eigenvalue weighted by Gasteiger charge is 2.25. The van der Waals surface area contributed by atoms with Gasteiger partial charge < -0.3 is 20.7 Å². The minimum absolute atomic E-state index is 0.0279. The van der Waals surface area contributed by atoms with Crippen molar-refractivity contribution in [2.75, 3.05) is 19.6 Å². The first-order valence-corrected chi connectivity index (χ1v) is 6.42. The van der Waals surface area contributed by atoms with Crippen molar-refractivity contribution in [1.82, 2.24) is 15.6 Å². The van der Waals surface area contributed by atoms with Crippen LogP contribution in [-0.4, -0.2) is 41.7 Å². The van der Waals surface area contributed by atoms with Gasteiger partial charge in [0.25, 0.3) is 11.5 Å². The molecule has 1 amide bonds. The molecule has 0 aliphatic carbocycles. The molecule has 0 spiro atoms. The van der Waals surface area contributed by atoms with E-state index in [0.717, 1.165) is 0 Å². The lowest BCUT2D eigenvalue weighted by Crippen LogP contribution is -2.34. The molecular formula is C11H14BrN3O3. The largest absolute Gasteiger partial charge is 0.391 e. The van der Waals surface area contributed by atoms with Gasteiger partial charge in [-0.05, 0) is 22.0 Å². The van der Waals surface area contributed by atoms with Crippen molar-refractivity contribution in [3.05, 3.63) is 32.7 Å². The summed E-state index contributed by atoms with van der Waals surface area (Å²) in [7, 11) is 0. The van der Waals surface area contributed by atoms with E-state index in [2.05, 4.69) is 31.5 Å². The number of nitrogens with one attached hydrogen (secondary N) is 3. The van der Waals surface area contributed by atoms with Gasteiger partial charge in [0.1, 0.15) is 0 Å². The number of halogens is 1. The molecule has 6 nitrogen and oxygen atoms in total.